The third kappa shape index (κ3) is 4.70. The molecule has 1 saturated heterocycles. The Labute approximate surface area is 206 Å². The zero-order valence-electron chi connectivity index (χ0n) is 21.9. The summed E-state index contributed by atoms with van der Waals surface area (Å²) in [6, 6.07) is 6.84. The van der Waals surface area contributed by atoms with Crippen molar-refractivity contribution in [2.75, 3.05) is 13.2 Å². The molecule has 1 aromatic carbocycles. The predicted octanol–water partition coefficient (Wildman–Crippen LogP) is 5.71. The third-order valence-electron chi connectivity index (χ3n) is 8.05. The molecular formula is C28H41NO4Si. The quantitative estimate of drug-likeness (QED) is 0.282. The monoisotopic (exact) mass is 483 g/mol. The van der Waals surface area contributed by atoms with E-state index in [1.807, 2.05) is 6.92 Å². The first kappa shape index (κ1) is 25.4. The topological polar surface area (TPSA) is 48.0 Å². The van der Waals surface area contributed by atoms with Crippen LogP contribution < -0.4 is 0 Å². The lowest BCUT2D eigenvalue weighted by Gasteiger charge is -2.37. The molecule has 1 aromatic rings. The number of carbonyl (C=O) groups excluding carboxylic acids is 1. The first-order valence-electron chi connectivity index (χ1n) is 12.8. The van der Waals surface area contributed by atoms with Gasteiger partial charge in [-0.2, -0.15) is 0 Å². The summed E-state index contributed by atoms with van der Waals surface area (Å²) in [7, 11) is -1.82. The molecule has 5 nitrogen and oxygen atoms in total. The highest BCUT2D eigenvalue weighted by Gasteiger charge is 2.51. The van der Waals surface area contributed by atoms with Crippen molar-refractivity contribution in [1.82, 2.24) is 4.90 Å². The summed E-state index contributed by atoms with van der Waals surface area (Å²) in [4.78, 5) is 15.1. The van der Waals surface area contributed by atoms with Gasteiger partial charge in [0.25, 0.3) is 0 Å². The van der Waals surface area contributed by atoms with Crippen molar-refractivity contribution >= 4 is 14.3 Å². The molecule has 0 spiro atoms. The molecule has 2 heterocycles. The van der Waals surface area contributed by atoms with Gasteiger partial charge in [0.15, 0.2) is 8.32 Å². The average molecular weight is 484 g/mol. The van der Waals surface area contributed by atoms with Crippen LogP contribution in [0, 0.1) is 0 Å². The molecular weight excluding hydrogens is 442 g/mol. The molecule has 186 valence electrons. The third-order valence-corrected chi connectivity index (χ3v) is 12.6. The number of ether oxygens (including phenoxy) is 2. The van der Waals surface area contributed by atoms with Crippen molar-refractivity contribution < 1.29 is 18.7 Å². The number of aryl methyl sites for hydroxylation is 1. The van der Waals surface area contributed by atoms with Gasteiger partial charge in [-0.15, -0.1) is 0 Å². The predicted molar refractivity (Wildman–Crippen MR) is 138 cm³/mol. The van der Waals surface area contributed by atoms with Crippen molar-refractivity contribution in [3.05, 3.63) is 58.7 Å². The van der Waals surface area contributed by atoms with Gasteiger partial charge in [0.1, 0.15) is 6.23 Å². The van der Waals surface area contributed by atoms with E-state index in [0.29, 0.717) is 25.2 Å². The summed E-state index contributed by atoms with van der Waals surface area (Å²) >= 11 is 0. The van der Waals surface area contributed by atoms with E-state index in [2.05, 4.69) is 82.1 Å². The lowest BCUT2D eigenvalue weighted by Crippen LogP contribution is -2.44. The Morgan fingerprint density at radius 2 is 2.00 bits per heavy atom. The van der Waals surface area contributed by atoms with Gasteiger partial charge in [-0.25, -0.2) is 4.79 Å². The second kappa shape index (κ2) is 9.73. The zero-order chi connectivity index (χ0) is 24.7. The van der Waals surface area contributed by atoms with Gasteiger partial charge < -0.3 is 13.9 Å². The van der Waals surface area contributed by atoms with Crippen LogP contribution >= 0.6 is 0 Å². The van der Waals surface area contributed by atoms with Crippen LogP contribution in [0.25, 0.3) is 0 Å². The molecule has 0 saturated carbocycles. The Hall–Kier alpha value is -1.73. The minimum absolute atomic E-state index is 0.0352. The molecule has 34 heavy (non-hydrogen) atoms. The van der Waals surface area contributed by atoms with E-state index in [1.54, 1.807) is 0 Å². The summed E-state index contributed by atoms with van der Waals surface area (Å²) < 4.78 is 18.3. The Kier molecular flexibility index (Phi) is 7.26. The smallest absolute Gasteiger partial charge is 0.333 e. The molecule has 3 aliphatic rings. The molecule has 4 atom stereocenters. The normalized spacial score (nSPS) is 26.9. The lowest BCUT2D eigenvalue weighted by atomic mass is 9.94. The van der Waals surface area contributed by atoms with Gasteiger partial charge in [-0.05, 0) is 48.2 Å². The van der Waals surface area contributed by atoms with Gasteiger partial charge in [0, 0.05) is 18.4 Å². The van der Waals surface area contributed by atoms with E-state index < -0.39 is 8.32 Å². The summed E-state index contributed by atoms with van der Waals surface area (Å²) in [6.45, 7) is 16.4. The molecule has 1 fully saturated rings. The van der Waals surface area contributed by atoms with Crippen LogP contribution in [0.15, 0.2) is 42.0 Å². The van der Waals surface area contributed by atoms with Crippen LogP contribution in [0.2, 0.25) is 18.1 Å². The highest BCUT2D eigenvalue weighted by Crippen LogP contribution is 2.49. The van der Waals surface area contributed by atoms with Crippen LogP contribution in [0.3, 0.4) is 0 Å². The Morgan fingerprint density at radius 1 is 1.24 bits per heavy atom. The largest absolute Gasteiger partial charge is 0.463 e. The summed E-state index contributed by atoms with van der Waals surface area (Å²) in [5, 5.41) is 0.174. The SMILES string of the molecule is CCOC(=O)C1=C[C@@H](/C=C/CO[Si](C)(C)C(C)(C)C)N2[C@@H](C1)O[C@@H]1Cc3cccc(CC)c3[C@@H]12. The van der Waals surface area contributed by atoms with Crippen LogP contribution in [-0.2, 0) is 31.5 Å². The number of nitrogens with zero attached hydrogens (tertiary/aromatic N) is 1. The van der Waals surface area contributed by atoms with Gasteiger partial charge in [-0.3, -0.25) is 4.90 Å². The molecule has 6 heteroatoms. The maximum Gasteiger partial charge on any atom is 0.333 e. The molecule has 0 radical (unpaired) electrons. The van der Waals surface area contributed by atoms with Crippen molar-refractivity contribution in [3.63, 3.8) is 0 Å². The van der Waals surface area contributed by atoms with Gasteiger partial charge in [0.05, 0.1) is 31.4 Å². The number of hydrogen-bond acceptors (Lipinski definition) is 5. The number of hydrogen-bond donors (Lipinski definition) is 0. The van der Waals surface area contributed by atoms with Gasteiger partial charge in [-0.1, -0.05) is 64.1 Å². The molecule has 0 aromatic heterocycles. The Bertz CT molecular complexity index is 977. The van der Waals surface area contributed by atoms with E-state index in [1.165, 1.54) is 16.7 Å². The number of fused-ring (bicyclic) bond motifs is 5. The van der Waals surface area contributed by atoms with Gasteiger partial charge >= 0.3 is 5.97 Å². The van der Waals surface area contributed by atoms with Crippen LogP contribution in [-0.4, -0.2) is 50.8 Å². The number of esters is 1. The highest BCUT2D eigenvalue weighted by atomic mass is 28.4. The van der Waals surface area contributed by atoms with E-state index in [4.69, 9.17) is 13.9 Å². The highest BCUT2D eigenvalue weighted by molar-refractivity contribution is 6.74. The standard InChI is InChI=1S/C28H41NO4Si/c1-8-19-12-10-13-20-17-23-26(25(19)20)29-22(14-11-15-32-34(6,7)28(3,4)5)16-21(18-24(29)33-23)27(30)31-9-2/h10-14,16,22-24,26H,8-9,15,17-18H2,1-7H3/b14-11+/t22-,23-,24-,26-/m1/s1. The van der Waals surface area contributed by atoms with E-state index >= 15 is 0 Å². The second-order valence-electron chi connectivity index (χ2n) is 11.2. The fraction of sp³-hybridized carbons (Fsp3) is 0.607. The Balaban J connectivity index is 1.62. The molecule has 4 rings (SSSR count). The fourth-order valence-electron chi connectivity index (χ4n) is 5.24. The van der Waals surface area contributed by atoms with Crippen molar-refractivity contribution in [3.8, 4) is 0 Å². The van der Waals surface area contributed by atoms with Crippen molar-refractivity contribution in [1.29, 1.82) is 0 Å². The van der Waals surface area contributed by atoms with Gasteiger partial charge in [0.2, 0.25) is 0 Å². The summed E-state index contributed by atoms with van der Waals surface area (Å²) in [5.41, 5.74) is 4.95. The molecule has 0 amide bonds. The number of rotatable bonds is 7. The van der Waals surface area contributed by atoms with Crippen LogP contribution in [0.4, 0.5) is 0 Å². The van der Waals surface area contributed by atoms with Crippen LogP contribution in [0.1, 0.15) is 63.8 Å². The molecule has 1 aliphatic carbocycles. The maximum absolute atomic E-state index is 12.6. The minimum atomic E-state index is -1.82. The first-order chi connectivity index (χ1) is 16.1. The number of carbonyl (C=O) groups is 1. The molecule has 0 unspecified atom stereocenters. The fourth-order valence-corrected chi connectivity index (χ4v) is 6.18. The molecule has 2 aliphatic heterocycles. The molecule has 0 N–H and O–H groups in total. The zero-order valence-corrected chi connectivity index (χ0v) is 22.9. The number of benzene rings is 1. The first-order valence-corrected chi connectivity index (χ1v) is 15.7. The van der Waals surface area contributed by atoms with Crippen LogP contribution in [0.5, 0.6) is 0 Å². The minimum Gasteiger partial charge on any atom is -0.463 e. The lowest BCUT2D eigenvalue weighted by molar-refractivity contribution is -0.139. The van der Waals surface area contributed by atoms with Crippen molar-refractivity contribution in [2.24, 2.45) is 0 Å². The van der Waals surface area contributed by atoms with E-state index in [9.17, 15) is 4.79 Å². The summed E-state index contributed by atoms with van der Waals surface area (Å²) in [6.07, 6.45) is 8.92. The van der Waals surface area contributed by atoms with E-state index in [-0.39, 0.29) is 35.4 Å². The molecule has 0 bridgehead atoms. The van der Waals surface area contributed by atoms with Crippen molar-refractivity contribution in [2.45, 2.75) is 96.4 Å². The maximum atomic E-state index is 12.6. The summed E-state index contributed by atoms with van der Waals surface area (Å²) in [5.74, 6) is -0.228. The Morgan fingerprint density at radius 3 is 2.68 bits per heavy atom. The van der Waals surface area contributed by atoms with E-state index in [0.717, 1.165) is 12.8 Å². The second-order valence-corrected chi connectivity index (χ2v) is 16.0. The average Bonchev–Trinajstić information content (AvgIpc) is 3.31.